The van der Waals surface area contributed by atoms with E-state index in [1.807, 2.05) is 50.4 Å². The summed E-state index contributed by atoms with van der Waals surface area (Å²) in [5.74, 6) is -0.828. The number of benzene rings is 2. The van der Waals surface area contributed by atoms with Crippen LogP contribution >= 0.6 is 23.2 Å². The molecule has 0 fully saturated rings. The van der Waals surface area contributed by atoms with Crippen molar-refractivity contribution in [3.05, 3.63) is 82.1 Å². The largest absolute Gasteiger partial charge is 0.350 e. The number of hydrogen-bond donors (Lipinski definition) is 2. The highest BCUT2D eigenvalue weighted by Crippen LogP contribution is 2.21. The molecule has 8 heteroatoms. The zero-order valence-electron chi connectivity index (χ0n) is 16.6. The van der Waals surface area contributed by atoms with Crippen molar-refractivity contribution in [1.82, 2.24) is 20.4 Å². The van der Waals surface area contributed by atoms with E-state index >= 15 is 0 Å². The molecule has 3 rings (SSSR count). The van der Waals surface area contributed by atoms with E-state index < -0.39 is 11.9 Å². The van der Waals surface area contributed by atoms with Crippen molar-refractivity contribution >= 4 is 35.0 Å². The van der Waals surface area contributed by atoms with Gasteiger partial charge in [-0.15, -0.1) is 0 Å². The first-order valence-electron chi connectivity index (χ1n) is 9.47. The van der Waals surface area contributed by atoms with E-state index in [4.69, 9.17) is 23.2 Å². The zero-order valence-corrected chi connectivity index (χ0v) is 18.1. The summed E-state index contributed by atoms with van der Waals surface area (Å²) >= 11 is 12.0. The van der Waals surface area contributed by atoms with Gasteiger partial charge in [0.25, 0.3) is 5.91 Å². The Kier molecular flexibility index (Phi) is 7.13. The summed E-state index contributed by atoms with van der Waals surface area (Å²) in [4.78, 5) is 25.3. The first kappa shape index (κ1) is 21.9. The molecule has 1 aromatic heterocycles. The highest BCUT2D eigenvalue weighted by atomic mass is 35.5. The van der Waals surface area contributed by atoms with Crippen LogP contribution < -0.4 is 10.6 Å². The Morgan fingerprint density at radius 1 is 1.10 bits per heavy atom. The Morgan fingerprint density at radius 2 is 1.83 bits per heavy atom. The molecule has 0 spiro atoms. The smallest absolute Gasteiger partial charge is 0.253 e. The van der Waals surface area contributed by atoms with Gasteiger partial charge in [0, 0.05) is 23.3 Å². The molecule has 0 saturated carbocycles. The van der Waals surface area contributed by atoms with Crippen LogP contribution in [0, 0.1) is 5.92 Å². The molecule has 3 aromatic rings. The third kappa shape index (κ3) is 5.40. The number of hydrogen-bond acceptors (Lipinski definition) is 3. The topological polar surface area (TPSA) is 76.0 Å². The highest BCUT2D eigenvalue weighted by Gasteiger charge is 2.25. The number of carbonyl (C=O) groups is 2. The van der Waals surface area contributed by atoms with Crippen molar-refractivity contribution in [2.75, 3.05) is 0 Å². The summed E-state index contributed by atoms with van der Waals surface area (Å²) in [5, 5.41) is 10.6. The molecule has 0 radical (unpaired) electrons. The first-order valence-corrected chi connectivity index (χ1v) is 10.2. The minimum absolute atomic E-state index is 0.118. The maximum absolute atomic E-state index is 12.7. The normalized spacial score (nSPS) is 11.9. The number of nitrogens with one attached hydrogen (secondary N) is 2. The molecule has 0 aliphatic rings. The molecule has 2 aromatic carbocycles. The summed E-state index contributed by atoms with van der Waals surface area (Å²) in [6.07, 6.45) is 3.55. The van der Waals surface area contributed by atoms with Crippen molar-refractivity contribution in [1.29, 1.82) is 0 Å². The van der Waals surface area contributed by atoms with Gasteiger partial charge in [0.2, 0.25) is 5.91 Å². The van der Waals surface area contributed by atoms with Crippen LogP contribution in [-0.2, 0) is 11.3 Å². The Bertz CT molecular complexity index is 1030. The van der Waals surface area contributed by atoms with Crippen LogP contribution in [0.1, 0.15) is 29.8 Å². The second-order valence-electron chi connectivity index (χ2n) is 7.17. The minimum atomic E-state index is -0.714. The number of halogens is 2. The van der Waals surface area contributed by atoms with Crippen LogP contribution in [0.4, 0.5) is 0 Å². The molecule has 30 heavy (non-hydrogen) atoms. The molecule has 0 bridgehead atoms. The fourth-order valence-electron chi connectivity index (χ4n) is 2.90. The van der Waals surface area contributed by atoms with E-state index in [1.165, 1.54) is 12.1 Å². The van der Waals surface area contributed by atoms with Gasteiger partial charge in [0.05, 0.1) is 22.5 Å². The van der Waals surface area contributed by atoms with Gasteiger partial charge in [-0.1, -0.05) is 55.2 Å². The molecule has 6 nitrogen and oxygen atoms in total. The molecule has 156 valence electrons. The molecule has 2 N–H and O–H groups in total. The summed E-state index contributed by atoms with van der Waals surface area (Å²) in [6, 6.07) is 13.6. The van der Waals surface area contributed by atoms with Crippen LogP contribution in [0.25, 0.3) is 5.69 Å². The predicted octanol–water partition coefficient (Wildman–Crippen LogP) is 4.25. The predicted molar refractivity (Wildman–Crippen MR) is 118 cm³/mol. The molecular formula is C22H22Cl2N4O2. The third-order valence-electron chi connectivity index (χ3n) is 4.54. The van der Waals surface area contributed by atoms with Crippen molar-refractivity contribution in [2.45, 2.75) is 26.4 Å². The summed E-state index contributed by atoms with van der Waals surface area (Å²) in [7, 11) is 0. The highest BCUT2D eigenvalue weighted by molar-refractivity contribution is 6.36. The fourth-order valence-corrected chi connectivity index (χ4v) is 3.39. The Labute approximate surface area is 185 Å². The van der Waals surface area contributed by atoms with E-state index in [9.17, 15) is 9.59 Å². The maximum atomic E-state index is 12.7. The lowest BCUT2D eigenvalue weighted by molar-refractivity contribution is -0.124. The Hall–Kier alpha value is -2.83. The number of carbonyl (C=O) groups excluding carboxylic acids is 2. The molecule has 1 atom stereocenters. The van der Waals surface area contributed by atoms with Gasteiger partial charge in [-0.2, -0.15) is 5.10 Å². The number of para-hydroxylation sites is 1. The van der Waals surface area contributed by atoms with Crippen LogP contribution in [0.2, 0.25) is 10.0 Å². The van der Waals surface area contributed by atoms with Gasteiger partial charge in [0.1, 0.15) is 6.04 Å². The van der Waals surface area contributed by atoms with E-state index in [-0.39, 0.29) is 22.4 Å². The average molecular weight is 445 g/mol. The van der Waals surface area contributed by atoms with Gasteiger partial charge < -0.3 is 10.6 Å². The van der Waals surface area contributed by atoms with Crippen LogP contribution in [0.15, 0.2) is 60.9 Å². The molecule has 0 aliphatic carbocycles. The monoisotopic (exact) mass is 444 g/mol. The van der Waals surface area contributed by atoms with E-state index in [2.05, 4.69) is 15.7 Å². The quantitative estimate of drug-likeness (QED) is 0.571. The maximum Gasteiger partial charge on any atom is 0.253 e. The van der Waals surface area contributed by atoms with Crippen LogP contribution in [-0.4, -0.2) is 27.6 Å². The second kappa shape index (κ2) is 9.78. The molecule has 0 saturated heterocycles. The molecular weight excluding hydrogens is 423 g/mol. The number of aromatic nitrogens is 2. The van der Waals surface area contributed by atoms with Gasteiger partial charge in [-0.3, -0.25) is 9.59 Å². The first-order chi connectivity index (χ1) is 14.3. The number of rotatable bonds is 7. The summed E-state index contributed by atoms with van der Waals surface area (Å²) < 4.78 is 1.74. The fraction of sp³-hybridized carbons (Fsp3) is 0.227. The van der Waals surface area contributed by atoms with Gasteiger partial charge >= 0.3 is 0 Å². The molecule has 0 aliphatic heterocycles. The minimum Gasteiger partial charge on any atom is -0.350 e. The molecule has 1 heterocycles. The van der Waals surface area contributed by atoms with Crippen molar-refractivity contribution in [2.24, 2.45) is 5.92 Å². The standard InChI is InChI=1S/C22H22Cl2N4O2/c1-14(2)20(27-21(29)18-9-8-16(23)10-19(18)24)22(30)25-11-15-12-26-28(13-15)17-6-4-3-5-7-17/h3-10,12-14,20H,11H2,1-2H3,(H,25,30)(H,27,29)/t20-/m0/s1. The van der Waals surface area contributed by atoms with Gasteiger partial charge in [0.15, 0.2) is 0 Å². The van der Waals surface area contributed by atoms with Crippen LogP contribution in [0.5, 0.6) is 0 Å². The van der Waals surface area contributed by atoms with Gasteiger partial charge in [-0.25, -0.2) is 4.68 Å². The van der Waals surface area contributed by atoms with Gasteiger partial charge in [-0.05, 0) is 36.2 Å². The lowest BCUT2D eigenvalue weighted by Crippen LogP contribution is -2.49. The lowest BCUT2D eigenvalue weighted by atomic mass is 10.0. The number of nitrogens with zero attached hydrogens (tertiary/aromatic N) is 2. The second-order valence-corrected chi connectivity index (χ2v) is 8.01. The average Bonchev–Trinajstić information content (AvgIpc) is 3.19. The summed E-state index contributed by atoms with van der Waals surface area (Å²) in [6.45, 7) is 4.02. The van der Waals surface area contributed by atoms with E-state index in [0.717, 1.165) is 11.3 Å². The third-order valence-corrected chi connectivity index (χ3v) is 5.08. The zero-order chi connectivity index (χ0) is 21.7. The molecule has 2 amide bonds. The van der Waals surface area contributed by atoms with Crippen molar-refractivity contribution in [3.8, 4) is 5.69 Å². The van der Waals surface area contributed by atoms with E-state index in [1.54, 1.807) is 16.9 Å². The van der Waals surface area contributed by atoms with Crippen molar-refractivity contribution < 1.29 is 9.59 Å². The van der Waals surface area contributed by atoms with Crippen molar-refractivity contribution in [3.63, 3.8) is 0 Å². The van der Waals surface area contributed by atoms with Crippen LogP contribution in [0.3, 0.4) is 0 Å². The van der Waals surface area contributed by atoms with E-state index in [0.29, 0.717) is 11.6 Å². The molecule has 0 unspecified atom stereocenters. The Morgan fingerprint density at radius 3 is 2.50 bits per heavy atom. The Balaban J connectivity index is 1.63. The SMILES string of the molecule is CC(C)[C@H](NC(=O)c1ccc(Cl)cc1Cl)C(=O)NCc1cnn(-c2ccccc2)c1. The number of amides is 2. The lowest BCUT2D eigenvalue weighted by Gasteiger charge is -2.22. The summed E-state index contributed by atoms with van der Waals surface area (Å²) in [5.41, 5.74) is 2.05.